The Kier molecular flexibility index (Phi) is 4.36. The largest absolute Gasteiger partial charge is 0.481 e. The lowest BCUT2D eigenvalue weighted by atomic mass is 9.82. The van der Waals surface area contributed by atoms with Crippen LogP contribution < -0.4 is 0 Å². The Labute approximate surface area is 132 Å². The van der Waals surface area contributed by atoms with Crippen molar-refractivity contribution in [3.05, 3.63) is 32.9 Å². The standard InChI is InChI=1S/C15H18INO3/c1-10-5-3-6-11(12(10)16)13(18)17-8-4-7-15(2,9-17)14(19)20/h3,5-6H,4,7-9H2,1-2H3,(H,19,20). The molecule has 1 fully saturated rings. The third kappa shape index (κ3) is 2.82. The van der Waals surface area contributed by atoms with Crippen LogP contribution in [0.1, 0.15) is 35.7 Å². The normalized spacial score (nSPS) is 22.6. The number of nitrogens with zero attached hydrogens (tertiary/aromatic N) is 1. The maximum atomic E-state index is 12.6. The van der Waals surface area contributed by atoms with Crippen LogP contribution in [0.4, 0.5) is 0 Å². The molecule has 0 saturated carbocycles. The second-order valence-corrected chi connectivity index (χ2v) is 6.71. The molecule has 4 nitrogen and oxygen atoms in total. The SMILES string of the molecule is Cc1cccc(C(=O)N2CCCC(C)(C(=O)O)C2)c1I. The number of halogens is 1. The van der Waals surface area contributed by atoms with Gasteiger partial charge in [-0.1, -0.05) is 12.1 Å². The molecule has 5 heteroatoms. The van der Waals surface area contributed by atoms with E-state index in [-0.39, 0.29) is 12.5 Å². The van der Waals surface area contributed by atoms with E-state index in [0.29, 0.717) is 18.5 Å². The second kappa shape index (κ2) is 5.71. The number of rotatable bonds is 2. The lowest BCUT2D eigenvalue weighted by molar-refractivity contribution is -0.150. The lowest BCUT2D eigenvalue weighted by Gasteiger charge is -2.37. The third-order valence-corrected chi connectivity index (χ3v) is 5.35. The average molecular weight is 387 g/mol. The van der Waals surface area contributed by atoms with Crippen molar-refractivity contribution in [3.8, 4) is 0 Å². The van der Waals surface area contributed by atoms with E-state index in [9.17, 15) is 14.7 Å². The Bertz CT molecular complexity index is 558. The van der Waals surface area contributed by atoms with Crippen molar-refractivity contribution in [2.75, 3.05) is 13.1 Å². The molecule has 1 aliphatic heterocycles. The van der Waals surface area contributed by atoms with E-state index in [1.807, 2.05) is 25.1 Å². The lowest BCUT2D eigenvalue weighted by Crippen LogP contribution is -2.48. The zero-order valence-corrected chi connectivity index (χ0v) is 13.8. The molecule has 0 bridgehead atoms. The molecule has 2 rings (SSSR count). The van der Waals surface area contributed by atoms with Crippen molar-refractivity contribution in [3.63, 3.8) is 0 Å². The van der Waals surface area contributed by atoms with Crippen LogP contribution in [0.25, 0.3) is 0 Å². The Morgan fingerprint density at radius 3 is 2.75 bits per heavy atom. The summed E-state index contributed by atoms with van der Waals surface area (Å²) in [6.07, 6.45) is 1.36. The van der Waals surface area contributed by atoms with Gasteiger partial charge in [-0.25, -0.2) is 0 Å². The number of hydrogen-bond donors (Lipinski definition) is 1. The van der Waals surface area contributed by atoms with Gasteiger partial charge < -0.3 is 10.0 Å². The van der Waals surface area contributed by atoms with E-state index in [4.69, 9.17) is 0 Å². The highest BCUT2D eigenvalue weighted by Gasteiger charge is 2.39. The number of piperidine rings is 1. The topological polar surface area (TPSA) is 57.6 Å². The molecule has 1 atom stereocenters. The van der Waals surface area contributed by atoms with Gasteiger partial charge in [-0.05, 0) is 60.9 Å². The van der Waals surface area contributed by atoms with Crippen molar-refractivity contribution < 1.29 is 14.7 Å². The molecule has 20 heavy (non-hydrogen) atoms. The van der Waals surface area contributed by atoms with E-state index in [1.54, 1.807) is 11.8 Å². The first-order valence-electron chi connectivity index (χ1n) is 6.63. The van der Waals surface area contributed by atoms with E-state index in [1.165, 1.54) is 0 Å². The van der Waals surface area contributed by atoms with Crippen molar-refractivity contribution in [2.45, 2.75) is 26.7 Å². The molecular formula is C15H18INO3. The molecule has 1 saturated heterocycles. The molecule has 0 aliphatic carbocycles. The Morgan fingerprint density at radius 2 is 2.10 bits per heavy atom. The monoisotopic (exact) mass is 387 g/mol. The first-order valence-corrected chi connectivity index (χ1v) is 7.71. The number of carbonyl (C=O) groups excluding carboxylic acids is 1. The summed E-state index contributed by atoms with van der Waals surface area (Å²) in [5.74, 6) is -0.890. The number of carboxylic acids is 1. The molecular weight excluding hydrogens is 369 g/mol. The van der Waals surface area contributed by atoms with Crippen LogP contribution >= 0.6 is 22.6 Å². The highest BCUT2D eigenvalue weighted by Crippen LogP contribution is 2.31. The number of hydrogen-bond acceptors (Lipinski definition) is 2. The second-order valence-electron chi connectivity index (χ2n) is 5.63. The van der Waals surface area contributed by atoms with Gasteiger partial charge in [0.1, 0.15) is 0 Å². The molecule has 1 aromatic carbocycles. The minimum Gasteiger partial charge on any atom is -0.481 e. The minimum absolute atomic E-state index is 0.0646. The number of aliphatic carboxylic acids is 1. The van der Waals surface area contributed by atoms with Gasteiger partial charge >= 0.3 is 5.97 Å². The first kappa shape index (κ1) is 15.3. The van der Waals surface area contributed by atoms with Crippen molar-refractivity contribution >= 4 is 34.5 Å². The summed E-state index contributed by atoms with van der Waals surface area (Å²) >= 11 is 2.17. The highest BCUT2D eigenvalue weighted by molar-refractivity contribution is 14.1. The molecule has 0 radical (unpaired) electrons. The number of likely N-dealkylation sites (tertiary alicyclic amines) is 1. The molecule has 1 unspecified atom stereocenters. The van der Waals surface area contributed by atoms with E-state index < -0.39 is 11.4 Å². The third-order valence-electron chi connectivity index (χ3n) is 3.92. The zero-order chi connectivity index (χ0) is 14.9. The molecule has 1 aliphatic rings. The first-order chi connectivity index (χ1) is 9.35. The molecule has 0 aromatic heterocycles. The summed E-state index contributed by atoms with van der Waals surface area (Å²) in [7, 11) is 0. The van der Waals surface area contributed by atoms with Gasteiger partial charge in [0.25, 0.3) is 5.91 Å². The van der Waals surface area contributed by atoms with Gasteiger partial charge in [0.15, 0.2) is 0 Å². The summed E-state index contributed by atoms with van der Waals surface area (Å²) in [5.41, 5.74) is 0.901. The average Bonchev–Trinajstić information content (AvgIpc) is 2.41. The predicted octanol–water partition coefficient (Wildman–Crippen LogP) is 2.93. The van der Waals surface area contributed by atoms with Gasteiger partial charge in [0.2, 0.25) is 0 Å². The maximum absolute atomic E-state index is 12.6. The van der Waals surface area contributed by atoms with Crippen LogP contribution in [0.5, 0.6) is 0 Å². The van der Waals surface area contributed by atoms with Gasteiger partial charge in [-0.15, -0.1) is 0 Å². The number of amides is 1. The number of carbonyl (C=O) groups is 2. The van der Waals surface area contributed by atoms with E-state index >= 15 is 0 Å². The zero-order valence-electron chi connectivity index (χ0n) is 11.6. The summed E-state index contributed by atoms with van der Waals surface area (Å²) in [5, 5.41) is 9.33. The van der Waals surface area contributed by atoms with Gasteiger partial charge in [-0.3, -0.25) is 9.59 Å². The van der Waals surface area contributed by atoms with E-state index in [2.05, 4.69) is 22.6 Å². The summed E-state index contributed by atoms with van der Waals surface area (Å²) in [6.45, 7) is 4.60. The van der Waals surface area contributed by atoms with Crippen LogP contribution in [0.3, 0.4) is 0 Å². The van der Waals surface area contributed by atoms with Crippen molar-refractivity contribution in [1.82, 2.24) is 4.90 Å². The number of carboxylic acid groups (broad SMARTS) is 1. The molecule has 108 valence electrons. The van der Waals surface area contributed by atoms with Crippen LogP contribution in [-0.4, -0.2) is 35.0 Å². The number of aryl methyl sites for hydroxylation is 1. The minimum atomic E-state index is -0.830. The Balaban J connectivity index is 2.25. The van der Waals surface area contributed by atoms with Crippen LogP contribution in [0.15, 0.2) is 18.2 Å². The predicted molar refractivity (Wildman–Crippen MR) is 84.8 cm³/mol. The van der Waals surface area contributed by atoms with Crippen molar-refractivity contribution in [1.29, 1.82) is 0 Å². The molecule has 1 heterocycles. The van der Waals surface area contributed by atoms with E-state index in [0.717, 1.165) is 15.6 Å². The molecule has 0 spiro atoms. The van der Waals surface area contributed by atoms with Gasteiger partial charge in [-0.2, -0.15) is 0 Å². The Morgan fingerprint density at radius 1 is 1.40 bits per heavy atom. The number of benzene rings is 1. The summed E-state index contributed by atoms with van der Waals surface area (Å²) < 4.78 is 0.942. The van der Waals surface area contributed by atoms with Crippen molar-refractivity contribution in [2.24, 2.45) is 5.41 Å². The molecule has 1 amide bonds. The summed E-state index contributed by atoms with van der Waals surface area (Å²) in [4.78, 5) is 25.6. The Hall–Kier alpha value is -1.11. The highest BCUT2D eigenvalue weighted by atomic mass is 127. The summed E-state index contributed by atoms with van der Waals surface area (Å²) in [6, 6.07) is 5.64. The van der Waals surface area contributed by atoms with Gasteiger partial charge in [0.05, 0.1) is 11.0 Å². The smallest absolute Gasteiger partial charge is 0.311 e. The van der Waals surface area contributed by atoms with Crippen LogP contribution in [0.2, 0.25) is 0 Å². The fourth-order valence-electron chi connectivity index (χ4n) is 2.57. The maximum Gasteiger partial charge on any atom is 0.311 e. The fourth-order valence-corrected chi connectivity index (χ4v) is 3.16. The quantitative estimate of drug-likeness (QED) is 0.794. The van der Waals surface area contributed by atoms with Crippen LogP contribution in [-0.2, 0) is 4.79 Å². The molecule has 1 aromatic rings. The van der Waals surface area contributed by atoms with Gasteiger partial charge in [0, 0.05) is 16.7 Å². The fraction of sp³-hybridized carbons (Fsp3) is 0.467. The molecule has 1 N–H and O–H groups in total. The van der Waals surface area contributed by atoms with Crippen LogP contribution in [0, 0.1) is 15.9 Å².